The minimum atomic E-state index is -0.435. The van der Waals surface area contributed by atoms with Gasteiger partial charge < -0.3 is 19.9 Å². The number of ether oxygens (including phenoxy) is 2. The van der Waals surface area contributed by atoms with E-state index in [1.165, 1.54) is 0 Å². The van der Waals surface area contributed by atoms with Crippen molar-refractivity contribution in [3.63, 3.8) is 0 Å². The van der Waals surface area contributed by atoms with E-state index >= 15 is 0 Å². The second-order valence-electron chi connectivity index (χ2n) is 5.99. The monoisotopic (exact) mass is 375 g/mol. The number of aromatic nitrogens is 1. The molecule has 2 rings (SSSR count). The van der Waals surface area contributed by atoms with Gasteiger partial charge in [0.1, 0.15) is 5.56 Å². The Morgan fingerprint density at radius 1 is 1.07 bits per heavy atom. The molecule has 0 aliphatic rings. The Bertz CT molecular complexity index is 786. The van der Waals surface area contributed by atoms with E-state index in [-0.39, 0.29) is 13.2 Å². The third-order valence-electron chi connectivity index (χ3n) is 4.07. The van der Waals surface area contributed by atoms with Crippen molar-refractivity contribution < 1.29 is 29.2 Å². The number of aromatic amines is 1. The minimum Gasteiger partial charge on any atom is -0.462 e. The van der Waals surface area contributed by atoms with Crippen molar-refractivity contribution in [3.05, 3.63) is 35.5 Å². The molecule has 27 heavy (non-hydrogen) atoms. The molecule has 1 aromatic heterocycles. The second-order valence-corrected chi connectivity index (χ2v) is 5.99. The summed E-state index contributed by atoms with van der Waals surface area (Å²) in [7, 11) is 0. The summed E-state index contributed by atoms with van der Waals surface area (Å²) in [5, 5.41) is 12.9. The average molecular weight is 375 g/mol. The molecule has 2 aromatic rings. The van der Waals surface area contributed by atoms with Gasteiger partial charge in [0, 0.05) is 19.2 Å². The summed E-state index contributed by atoms with van der Waals surface area (Å²) in [4.78, 5) is 27.5. The lowest BCUT2D eigenvalue weighted by atomic mass is 10.1. The maximum Gasteiger partial charge on any atom is 0.346 e. The highest BCUT2D eigenvalue weighted by Gasteiger charge is 2.21. The zero-order valence-electron chi connectivity index (χ0n) is 15.8. The number of benzene rings is 1. The molecule has 0 atom stereocenters. The van der Waals surface area contributed by atoms with Gasteiger partial charge in [-0.1, -0.05) is 0 Å². The first kappa shape index (κ1) is 20.6. The highest BCUT2D eigenvalue weighted by Crippen LogP contribution is 2.26. The molecule has 0 saturated heterocycles. The van der Waals surface area contributed by atoms with Crippen LogP contribution in [-0.4, -0.2) is 43.4 Å². The van der Waals surface area contributed by atoms with Gasteiger partial charge in [-0.15, -0.1) is 0 Å². The van der Waals surface area contributed by atoms with Crippen LogP contribution in [0.2, 0.25) is 0 Å². The van der Waals surface area contributed by atoms with Crippen LogP contribution in [0.25, 0.3) is 10.9 Å². The van der Waals surface area contributed by atoms with Crippen LogP contribution in [0.1, 0.15) is 53.8 Å². The van der Waals surface area contributed by atoms with Gasteiger partial charge in [-0.2, -0.15) is 0 Å². The molecule has 0 fully saturated rings. The summed E-state index contributed by atoms with van der Waals surface area (Å²) in [6.45, 7) is 4.88. The van der Waals surface area contributed by atoms with Crippen molar-refractivity contribution in [2.45, 2.75) is 33.1 Å². The number of hydrogen-bond acceptors (Lipinski definition) is 6. The van der Waals surface area contributed by atoms with E-state index in [1.807, 2.05) is 0 Å². The SMILES string of the molecule is CCOC(=O)c1ccc2[nH+]cc(C(=O)OCC)c(NCCCCCO)c2c1. The van der Waals surface area contributed by atoms with Gasteiger partial charge in [0.25, 0.3) is 0 Å². The first-order chi connectivity index (χ1) is 13.1. The summed E-state index contributed by atoms with van der Waals surface area (Å²) < 4.78 is 10.2. The van der Waals surface area contributed by atoms with Crippen LogP contribution in [0.5, 0.6) is 0 Å². The molecule has 7 heteroatoms. The van der Waals surface area contributed by atoms with E-state index < -0.39 is 11.9 Å². The first-order valence-electron chi connectivity index (χ1n) is 9.29. The molecular formula is C20H27N2O5+. The third-order valence-corrected chi connectivity index (χ3v) is 4.07. The zero-order valence-corrected chi connectivity index (χ0v) is 15.8. The van der Waals surface area contributed by atoms with Crippen LogP contribution < -0.4 is 10.3 Å². The average Bonchev–Trinajstić information content (AvgIpc) is 2.67. The number of fused-ring (bicyclic) bond motifs is 1. The first-order valence-corrected chi connectivity index (χ1v) is 9.29. The van der Waals surface area contributed by atoms with Crippen LogP contribution in [0.15, 0.2) is 24.4 Å². The summed E-state index contributed by atoms with van der Waals surface area (Å²) >= 11 is 0. The molecule has 0 bridgehead atoms. The zero-order chi connectivity index (χ0) is 19.6. The van der Waals surface area contributed by atoms with Crippen molar-refractivity contribution in [1.82, 2.24) is 0 Å². The number of aliphatic hydroxyl groups excluding tert-OH is 1. The second kappa shape index (κ2) is 10.5. The number of esters is 2. The lowest BCUT2D eigenvalue weighted by Gasteiger charge is -2.12. The lowest BCUT2D eigenvalue weighted by Crippen LogP contribution is -2.17. The Morgan fingerprint density at radius 3 is 2.52 bits per heavy atom. The van der Waals surface area contributed by atoms with Crippen LogP contribution in [0.4, 0.5) is 5.69 Å². The van der Waals surface area contributed by atoms with Crippen LogP contribution in [-0.2, 0) is 9.47 Å². The molecular weight excluding hydrogens is 348 g/mol. The highest BCUT2D eigenvalue weighted by atomic mass is 16.5. The van der Waals surface area contributed by atoms with Crippen molar-refractivity contribution in [3.8, 4) is 0 Å². The fourth-order valence-corrected chi connectivity index (χ4v) is 2.77. The minimum absolute atomic E-state index is 0.167. The van der Waals surface area contributed by atoms with Crippen molar-refractivity contribution in [2.75, 3.05) is 31.7 Å². The summed E-state index contributed by atoms with van der Waals surface area (Å²) in [6, 6.07) is 5.18. The number of aliphatic hydroxyl groups is 1. The molecule has 7 nitrogen and oxygen atoms in total. The van der Waals surface area contributed by atoms with Crippen molar-refractivity contribution >= 4 is 28.5 Å². The van der Waals surface area contributed by atoms with Crippen molar-refractivity contribution in [2.24, 2.45) is 0 Å². The van der Waals surface area contributed by atoms with E-state index in [9.17, 15) is 9.59 Å². The fourth-order valence-electron chi connectivity index (χ4n) is 2.77. The summed E-state index contributed by atoms with van der Waals surface area (Å²) in [5.41, 5.74) is 2.21. The molecule has 0 aliphatic heterocycles. The van der Waals surface area contributed by atoms with Gasteiger partial charge in [0.2, 0.25) is 5.52 Å². The summed E-state index contributed by atoms with van der Waals surface area (Å²) in [5.74, 6) is -0.843. The number of rotatable bonds is 10. The van der Waals surface area contributed by atoms with Gasteiger partial charge >= 0.3 is 11.9 Å². The molecule has 3 N–H and O–H groups in total. The Balaban J connectivity index is 2.41. The number of hydrogen-bond donors (Lipinski definition) is 2. The van der Waals surface area contributed by atoms with Gasteiger partial charge in [0.05, 0.1) is 29.9 Å². The Kier molecular flexibility index (Phi) is 8.00. The molecule has 0 amide bonds. The standard InChI is InChI=1S/C20H26N2O5/c1-3-26-19(24)14-8-9-17-15(12-14)18(21-10-6-5-7-11-23)16(13-22-17)20(25)27-4-2/h8-9,12-13,23H,3-7,10-11H2,1-2H3,(H,21,22)/p+1. The number of anilines is 1. The maximum atomic E-state index is 12.4. The smallest absolute Gasteiger partial charge is 0.346 e. The van der Waals surface area contributed by atoms with E-state index in [2.05, 4.69) is 10.3 Å². The molecule has 0 aliphatic carbocycles. The molecule has 1 aromatic carbocycles. The van der Waals surface area contributed by atoms with Gasteiger partial charge in [0.15, 0.2) is 6.20 Å². The third kappa shape index (κ3) is 5.40. The molecule has 0 radical (unpaired) electrons. The van der Waals surface area contributed by atoms with Crippen LogP contribution >= 0.6 is 0 Å². The maximum absolute atomic E-state index is 12.4. The Morgan fingerprint density at radius 2 is 1.81 bits per heavy atom. The number of pyridine rings is 1. The van der Waals surface area contributed by atoms with E-state index in [0.29, 0.717) is 35.4 Å². The molecule has 146 valence electrons. The number of H-pyrrole nitrogens is 1. The number of carbonyl (C=O) groups excluding carboxylic acids is 2. The molecule has 0 unspecified atom stereocenters. The predicted octanol–water partition coefficient (Wildman–Crippen LogP) is 2.58. The van der Waals surface area contributed by atoms with Crippen LogP contribution in [0.3, 0.4) is 0 Å². The van der Waals surface area contributed by atoms with Gasteiger partial charge in [-0.25, -0.2) is 14.6 Å². The van der Waals surface area contributed by atoms with Gasteiger partial charge in [-0.05, 0) is 45.2 Å². The normalized spacial score (nSPS) is 10.6. The number of carbonyl (C=O) groups is 2. The topological polar surface area (TPSA) is 99.0 Å². The highest BCUT2D eigenvalue weighted by molar-refractivity contribution is 6.05. The quantitative estimate of drug-likeness (QED) is 0.489. The number of nitrogens with one attached hydrogen (secondary N) is 2. The lowest BCUT2D eigenvalue weighted by molar-refractivity contribution is -0.344. The van der Waals surface area contributed by atoms with Crippen LogP contribution in [0, 0.1) is 0 Å². The molecule has 0 spiro atoms. The fraction of sp³-hybridized carbons (Fsp3) is 0.450. The van der Waals surface area contributed by atoms with Gasteiger partial charge in [-0.3, -0.25) is 0 Å². The number of unbranched alkanes of at least 4 members (excludes halogenated alkanes) is 2. The summed E-state index contributed by atoms with van der Waals surface area (Å²) in [6.07, 6.45) is 4.08. The Labute approximate surface area is 158 Å². The predicted molar refractivity (Wildman–Crippen MR) is 102 cm³/mol. The van der Waals surface area contributed by atoms with E-state index in [0.717, 1.165) is 24.8 Å². The Hall–Kier alpha value is -2.67. The van der Waals surface area contributed by atoms with E-state index in [4.69, 9.17) is 14.6 Å². The van der Waals surface area contributed by atoms with Crippen molar-refractivity contribution in [1.29, 1.82) is 0 Å². The largest absolute Gasteiger partial charge is 0.462 e. The molecule has 0 saturated carbocycles. The molecule has 1 heterocycles. The van der Waals surface area contributed by atoms with E-state index in [1.54, 1.807) is 38.2 Å².